The van der Waals surface area contributed by atoms with Gasteiger partial charge in [0, 0.05) is 18.5 Å². The Balaban J connectivity index is 1.84. The van der Waals surface area contributed by atoms with Crippen LogP contribution in [-0.2, 0) is 4.79 Å². The number of nitriles is 1. The van der Waals surface area contributed by atoms with Crippen molar-refractivity contribution in [1.82, 2.24) is 4.90 Å². The number of alkyl halides is 1. The van der Waals surface area contributed by atoms with Gasteiger partial charge in [0.1, 0.15) is 17.6 Å². The number of likely N-dealkylation sites (tertiary alicyclic amines) is 1. The van der Waals surface area contributed by atoms with Crippen LogP contribution in [0.3, 0.4) is 0 Å². The molecule has 1 amide bonds. The van der Waals surface area contributed by atoms with Gasteiger partial charge in [-0.05, 0) is 35.9 Å². The van der Waals surface area contributed by atoms with E-state index in [1.54, 1.807) is 25.3 Å². The van der Waals surface area contributed by atoms with E-state index in [0.29, 0.717) is 30.0 Å². The molecule has 0 bridgehead atoms. The predicted octanol–water partition coefficient (Wildman–Crippen LogP) is 3.74. The van der Waals surface area contributed by atoms with E-state index in [9.17, 15) is 14.4 Å². The fourth-order valence-electron chi connectivity index (χ4n) is 3.29. The summed E-state index contributed by atoms with van der Waals surface area (Å²) in [6.07, 6.45) is -0.461. The summed E-state index contributed by atoms with van der Waals surface area (Å²) >= 11 is 0. The molecule has 0 saturated carbocycles. The van der Waals surface area contributed by atoms with Gasteiger partial charge < -0.3 is 14.4 Å². The Morgan fingerprint density at radius 2 is 2.14 bits per heavy atom. The molecule has 2 aromatic carbocycles. The highest BCUT2D eigenvalue weighted by molar-refractivity contribution is 5.87. The van der Waals surface area contributed by atoms with Crippen molar-refractivity contribution in [2.24, 2.45) is 0 Å². The van der Waals surface area contributed by atoms with Crippen molar-refractivity contribution in [3.8, 4) is 28.7 Å². The molecule has 1 aliphatic rings. The second kappa shape index (κ2) is 8.57. The number of nitrogens with zero attached hydrogens (tertiary/aromatic N) is 2. The van der Waals surface area contributed by atoms with E-state index in [-0.39, 0.29) is 12.5 Å². The fourth-order valence-corrected chi connectivity index (χ4v) is 3.29. The Morgan fingerprint density at radius 3 is 2.82 bits per heavy atom. The maximum absolute atomic E-state index is 14.6. The second-order valence-electron chi connectivity index (χ2n) is 6.51. The summed E-state index contributed by atoms with van der Waals surface area (Å²) < 4.78 is 25.8. The van der Waals surface area contributed by atoms with E-state index in [0.717, 1.165) is 11.1 Å². The summed E-state index contributed by atoms with van der Waals surface area (Å²) in [7, 11) is 1.58. The lowest BCUT2D eigenvalue weighted by Crippen LogP contribution is -2.48. The molecule has 0 aromatic heterocycles. The minimum Gasteiger partial charge on any atom is -0.496 e. The van der Waals surface area contributed by atoms with Gasteiger partial charge in [-0.1, -0.05) is 24.8 Å². The van der Waals surface area contributed by atoms with Crippen molar-refractivity contribution in [2.45, 2.75) is 18.7 Å². The number of ether oxygens (including phenoxy) is 2. The zero-order valence-corrected chi connectivity index (χ0v) is 15.6. The van der Waals surface area contributed by atoms with E-state index >= 15 is 0 Å². The van der Waals surface area contributed by atoms with Gasteiger partial charge in [0.15, 0.2) is 6.17 Å². The molecule has 3 rings (SSSR count). The molecular formula is C22H21FN2O3. The molecule has 2 atom stereocenters. The van der Waals surface area contributed by atoms with Gasteiger partial charge in [-0.2, -0.15) is 5.26 Å². The topological polar surface area (TPSA) is 62.6 Å². The third-order valence-electron chi connectivity index (χ3n) is 4.71. The van der Waals surface area contributed by atoms with Crippen LogP contribution < -0.4 is 9.47 Å². The van der Waals surface area contributed by atoms with Crippen LogP contribution in [0.2, 0.25) is 0 Å². The van der Waals surface area contributed by atoms with Crippen LogP contribution in [0.5, 0.6) is 11.5 Å². The number of rotatable bonds is 5. The van der Waals surface area contributed by atoms with E-state index in [1.165, 1.54) is 11.0 Å². The van der Waals surface area contributed by atoms with Crippen LogP contribution in [0.4, 0.5) is 4.39 Å². The zero-order chi connectivity index (χ0) is 20.1. The molecule has 0 spiro atoms. The summed E-state index contributed by atoms with van der Waals surface area (Å²) in [5, 5.41) is 9.38. The Kier molecular flexibility index (Phi) is 5.95. The first-order chi connectivity index (χ1) is 13.5. The van der Waals surface area contributed by atoms with Crippen molar-refractivity contribution in [2.75, 3.05) is 20.2 Å². The molecular weight excluding hydrogens is 359 g/mol. The fraction of sp³-hybridized carbons (Fsp3) is 0.273. The molecule has 144 valence electrons. The Labute approximate surface area is 163 Å². The number of para-hydroxylation sites is 1. The molecule has 28 heavy (non-hydrogen) atoms. The van der Waals surface area contributed by atoms with Crippen LogP contribution in [0.1, 0.15) is 12.0 Å². The molecule has 0 aliphatic carbocycles. The first kappa shape index (κ1) is 19.4. The van der Waals surface area contributed by atoms with E-state index in [2.05, 4.69) is 12.6 Å². The SMILES string of the molecule is C=CC(=O)N1CC[C@@H](Oc2cc(C#N)cc(-c3ccccc3OC)c2)[C@H](F)C1. The lowest BCUT2D eigenvalue weighted by molar-refractivity contribution is -0.129. The number of benzene rings is 2. The molecule has 1 fully saturated rings. The summed E-state index contributed by atoms with van der Waals surface area (Å²) in [5.41, 5.74) is 1.98. The third-order valence-corrected chi connectivity index (χ3v) is 4.71. The highest BCUT2D eigenvalue weighted by Gasteiger charge is 2.32. The summed E-state index contributed by atoms with van der Waals surface area (Å²) in [5.74, 6) is 0.797. The molecule has 0 N–H and O–H groups in total. The van der Waals surface area contributed by atoms with Crippen molar-refractivity contribution < 1.29 is 18.7 Å². The average Bonchev–Trinajstić information content (AvgIpc) is 2.74. The Bertz CT molecular complexity index is 922. The highest BCUT2D eigenvalue weighted by atomic mass is 19.1. The van der Waals surface area contributed by atoms with Gasteiger partial charge in [-0.3, -0.25) is 4.79 Å². The standard InChI is InChI=1S/C22H21FN2O3/c1-3-22(26)25-9-8-21(19(23)14-25)28-17-11-15(13-24)10-16(12-17)18-6-4-5-7-20(18)27-2/h3-7,10-12,19,21H,1,8-9,14H2,2H3/t19-,21-/m1/s1. The minimum absolute atomic E-state index is 0.0349. The number of piperidine rings is 1. The quantitative estimate of drug-likeness (QED) is 0.742. The number of carbonyl (C=O) groups excluding carboxylic acids is 1. The molecule has 2 aromatic rings. The van der Waals surface area contributed by atoms with Crippen molar-refractivity contribution in [1.29, 1.82) is 5.26 Å². The van der Waals surface area contributed by atoms with Gasteiger partial charge in [0.2, 0.25) is 5.91 Å². The molecule has 1 aliphatic heterocycles. The number of methoxy groups -OCH3 is 1. The van der Waals surface area contributed by atoms with Gasteiger partial charge in [0.25, 0.3) is 0 Å². The molecule has 1 heterocycles. The molecule has 0 unspecified atom stereocenters. The number of carbonyl (C=O) groups is 1. The van der Waals surface area contributed by atoms with Gasteiger partial charge in [0.05, 0.1) is 25.3 Å². The molecule has 0 radical (unpaired) electrons. The zero-order valence-electron chi connectivity index (χ0n) is 15.6. The van der Waals surface area contributed by atoms with Crippen LogP contribution >= 0.6 is 0 Å². The number of hydrogen-bond donors (Lipinski definition) is 0. The summed E-state index contributed by atoms with van der Waals surface area (Å²) in [6.45, 7) is 3.79. The smallest absolute Gasteiger partial charge is 0.246 e. The van der Waals surface area contributed by atoms with Crippen molar-refractivity contribution in [3.63, 3.8) is 0 Å². The monoisotopic (exact) mass is 380 g/mol. The average molecular weight is 380 g/mol. The maximum Gasteiger partial charge on any atom is 0.246 e. The van der Waals surface area contributed by atoms with Crippen molar-refractivity contribution >= 4 is 5.91 Å². The minimum atomic E-state index is -1.32. The number of halogens is 1. The highest BCUT2D eigenvalue weighted by Crippen LogP contribution is 2.33. The van der Waals surface area contributed by atoms with Gasteiger partial charge in [-0.15, -0.1) is 0 Å². The predicted molar refractivity (Wildman–Crippen MR) is 104 cm³/mol. The van der Waals surface area contributed by atoms with Crippen LogP contribution in [0.25, 0.3) is 11.1 Å². The summed E-state index contributed by atoms with van der Waals surface area (Å²) in [4.78, 5) is 13.1. The Morgan fingerprint density at radius 1 is 1.36 bits per heavy atom. The third kappa shape index (κ3) is 4.15. The normalized spacial score (nSPS) is 18.8. The summed E-state index contributed by atoms with van der Waals surface area (Å²) in [6, 6.07) is 14.7. The number of hydrogen-bond acceptors (Lipinski definition) is 4. The molecule has 5 nitrogen and oxygen atoms in total. The van der Waals surface area contributed by atoms with E-state index in [1.807, 2.05) is 24.3 Å². The lowest BCUT2D eigenvalue weighted by Gasteiger charge is -2.34. The first-order valence-electron chi connectivity index (χ1n) is 8.96. The van der Waals surface area contributed by atoms with E-state index < -0.39 is 12.3 Å². The van der Waals surface area contributed by atoms with Gasteiger partial charge >= 0.3 is 0 Å². The molecule has 6 heteroatoms. The van der Waals surface area contributed by atoms with Crippen LogP contribution in [-0.4, -0.2) is 43.3 Å². The number of amides is 1. The van der Waals surface area contributed by atoms with Crippen LogP contribution in [0, 0.1) is 11.3 Å². The van der Waals surface area contributed by atoms with E-state index in [4.69, 9.17) is 9.47 Å². The maximum atomic E-state index is 14.6. The lowest BCUT2D eigenvalue weighted by atomic mass is 10.0. The van der Waals surface area contributed by atoms with Gasteiger partial charge in [-0.25, -0.2) is 4.39 Å². The largest absolute Gasteiger partial charge is 0.496 e. The van der Waals surface area contributed by atoms with Crippen LogP contribution in [0.15, 0.2) is 55.1 Å². The second-order valence-corrected chi connectivity index (χ2v) is 6.51. The molecule has 1 saturated heterocycles. The Hall–Kier alpha value is -3.33. The van der Waals surface area contributed by atoms with Crippen molar-refractivity contribution in [3.05, 3.63) is 60.7 Å². The first-order valence-corrected chi connectivity index (χ1v) is 8.96.